The summed E-state index contributed by atoms with van der Waals surface area (Å²) in [6.07, 6.45) is 2.19. The van der Waals surface area contributed by atoms with Gasteiger partial charge < -0.3 is 10.0 Å². The fourth-order valence-corrected chi connectivity index (χ4v) is 3.28. The van der Waals surface area contributed by atoms with Gasteiger partial charge in [0, 0.05) is 23.2 Å². The van der Waals surface area contributed by atoms with E-state index in [0.717, 1.165) is 36.0 Å². The monoisotopic (exact) mass is 331 g/mol. The van der Waals surface area contributed by atoms with Crippen molar-refractivity contribution < 1.29 is 5.11 Å². The SMILES string of the molecule is OCc1ccc(N2CCc3ccccc3CC2)cc1Br. The normalized spacial score (nSPS) is 14.8. The van der Waals surface area contributed by atoms with Gasteiger partial charge in [0.2, 0.25) is 0 Å². The van der Waals surface area contributed by atoms with Gasteiger partial charge in [0.25, 0.3) is 0 Å². The Hall–Kier alpha value is -1.32. The number of aliphatic hydroxyl groups is 1. The van der Waals surface area contributed by atoms with Crippen molar-refractivity contribution in [1.82, 2.24) is 0 Å². The Morgan fingerprint density at radius 1 is 1.00 bits per heavy atom. The van der Waals surface area contributed by atoms with Gasteiger partial charge >= 0.3 is 0 Å². The number of fused-ring (bicyclic) bond motifs is 1. The van der Waals surface area contributed by atoms with E-state index in [1.807, 2.05) is 6.07 Å². The molecule has 0 unspecified atom stereocenters. The van der Waals surface area contributed by atoms with Crippen LogP contribution in [0.1, 0.15) is 16.7 Å². The van der Waals surface area contributed by atoms with Gasteiger partial charge in [-0.3, -0.25) is 0 Å². The van der Waals surface area contributed by atoms with Crippen LogP contribution in [-0.4, -0.2) is 18.2 Å². The van der Waals surface area contributed by atoms with Gasteiger partial charge in [-0.15, -0.1) is 0 Å². The molecule has 1 heterocycles. The molecule has 2 nitrogen and oxygen atoms in total. The van der Waals surface area contributed by atoms with E-state index >= 15 is 0 Å². The maximum Gasteiger partial charge on any atom is 0.0692 e. The number of hydrogen-bond acceptors (Lipinski definition) is 2. The molecule has 2 aromatic rings. The van der Waals surface area contributed by atoms with E-state index in [4.69, 9.17) is 0 Å². The van der Waals surface area contributed by atoms with Crippen LogP contribution in [0.4, 0.5) is 5.69 Å². The molecule has 1 aliphatic heterocycles. The molecule has 104 valence electrons. The summed E-state index contributed by atoms with van der Waals surface area (Å²) in [6, 6.07) is 14.9. The van der Waals surface area contributed by atoms with Crippen molar-refractivity contribution in [2.45, 2.75) is 19.4 Å². The lowest BCUT2D eigenvalue weighted by molar-refractivity contribution is 0.281. The van der Waals surface area contributed by atoms with Crippen molar-refractivity contribution in [3.8, 4) is 0 Å². The van der Waals surface area contributed by atoms with Crippen LogP contribution in [0.3, 0.4) is 0 Å². The highest BCUT2D eigenvalue weighted by Gasteiger charge is 2.14. The van der Waals surface area contributed by atoms with Gasteiger partial charge in [-0.05, 0) is 41.7 Å². The second-order valence-corrected chi connectivity index (χ2v) is 6.04. The van der Waals surface area contributed by atoms with E-state index in [0.29, 0.717) is 0 Å². The first-order valence-electron chi connectivity index (χ1n) is 6.99. The first-order valence-corrected chi connectivity index (χ1v) is 7.78. The predicted molar refractivity (Wildman–Crippen MR) is 86.1 cm³/mol. The lowest BCUT2D eigenvalue weighted by Gasteiger charge is -2.23. The second kappa shape index (κ2) is 5.98. The average Bonchev–Trinajstić information content (AvgIpc) is 2.70. The standard InChI is InChI=1S/C17H18BrNO/c18-17-11-16(6-5-15(17)12-20)19-9-7-13-3-1-2-4-14(13)8-10-19/h1-6,11,20H,7-10,12H2. The molecule has 0 atom stereocenters. The van der Waals surface area contributed by atoms with E-state index in [9.17, 15) is 5.11 Å². The summed E-state index contributed by atoms with van der Waals surface area (Å²) in [4.78, 5) is 2.42. The molecule has 0 aromatic heterocycles. The maximum absolute atomic E-state index is 9.24. The van der Waals surface area contributed by atoms with Crippen molar-refractivity contribution in [1.29, 1.82) is 0 Å². The van der Waals surface area contributed by atoms with Crippen LogP contribution in [0.15, 0.2) is 46.9 Å². The van der Waals surface area contributed by atoms with Crippen molar-refractivity contribution in [3.63, 3.8) is 0 Å². The minimum atomic E-state index is 0.0757. The van der Waals surface area contributed by atoms with E-state index in [1.165, 1.54) is 16.8 Å². The molecule has 1 aliphatic rings. The molecule has 0 fully saturated rings. The fourth-order valence-electron chi connectivity index (χ4n) is 2.79. The zero-order chi connectivity index (χ0) is 13.9. The minimum Gasteiger partial charge on any atom is -0.392 e. The molecule has 0 saturated carbocycles. The summed E-state index contributed by atoms with van der Waals surface area (Å²) < 4.78 is 0.985. The highest BCUT2D eigenvalue weighted by Crippen LogP contribution is 2.26. The van der Waals surface area contributed by atoms with Crippen molar-refractivity contribution >= 4 is 21.6 Å². The molecule has 0 amide bonds. The van der Waals surface area contributed by atoms with Crippen LogP contribution in [0.5, 0.6) is 0 Å². The Labute approximate surface area is 128 Å². The molecule has 0 bridgehead atoms. The first-order chi connectivity index (χ1) is 9.78. The van der Waals surface area contributed by atoms with E-state index in [1.54, 1.807) is 0 Å². The molecule has 0 radical (unpaired) electrons. The smallest absolute Gasteiger partial charge is 0.0692 e. The summed E-state index contributed by atoms with van der Waals surface area (Å²) in [5, 5.41) is 9.24. The maximum atomic E-state index is 9.24. The fraction of sp³-hybridized carbons (Fsp3) is 0.294. The van der Waals surface area contributed by atoms with Crippen molar-refractivity contribution in [2.75, 3.05) is 18.0 Å². The van der Waals surface area contributed by atoms with Gasteiger partial charge in [0.05, 0.1) is 6.61 Å². The number of anilines is 1. The first kappa shape index (κ1) is 13.7. The van der Waals surface area contributed by atoms with E-state index in [2.05, 4.69) is 57.2 Å². The highest BCUT2D eigenvalue weighted by molar-refractivity contribution is 9.10. The zero-order valence-electron chi connectivity index (χ0n) is 11.3. The molecule has 0 saturated heterocycles. The van der Waals surface area contributed by atoms with Gasteiger partial charge in [0.1, 0.15) is 0 Å². The Morgan fingerprint density at radius 2 is 1.65 bits per heavy atom. The Bertz CT molecular complexity index is 585. The van der Waals surface area contributed by atoms with Crippen LogP contribution in [0.25, 0.3) is 0 Å². The molecule has 3 rings (SSSR count). The molecule has 0 aliphatic carbocycles. The molecule has 1 N–H and O–H groups in total. The van der Waals surface area contributed by atoms with Crippen LogP contribution in [-0.2, 0) is 19.4 Å². The van der Waals surface area contributed by atoms with E-state index < -0.39 is 0 Å². The quantitative estimate of drug-likeness (QED) is 0.909. The molecule has 3 heteroatoms. The van der Waals surface area contributed by atoms with Crippen LogP contribution in [0.2, 0.25) is 0 Å². The van der Waals surface area contributed by atoms with Crippen LogP contribution >= 0.6 is 15.9 Å². The number of aliphatic hydroxyl groups excluding tert-OH is 1. The Kier molecular flexibility index (Phi) is 4.08. The summed E-state index contributed by atoms with van der Waals surface area (Å²) in [6.45, 7) is 2.16. The lowest BCUT2D eigenvalue weighted by atomic mass is 10.0. The van der Waals surface area contributed by atoms with Gasteiger partial charge in [-0.25, -0.2) is 0 Å². The average molecular weight is 332 g/mol. The van der Waals surface area contributed by atoms with Crippen LogP contribution < -0.4 is 4.90 Å². The summed E-state index contributed by atoms with van der Waals surface area (Å²) in [5.74, 6) is 0. The minimum absolute atomic E-state index is 0.0757. The Morgan fingerprint density at radius 3 is 2.20 bits per heavy atom. The number of nitrogens with zero attached hydrogens (tertiary/aromatic N) is 1. The zero-order valence-corrected chi connectivity index (χ0v) is 12.9. The number of rotatable bonds is 2. The predicted octanol–water partition coefficient (Wildman–Crippen LogP) is 3.55. The largest absolute Gasteiger partial charge is 0.392 e. The number of hydrogen-bond donors (Lipinski definition) is 1. The number of benzene rings is 2. The van der Waals surface area contributed by atoms with Gasteiger partial charge in [0.15, 0.2) is 0 Å². The summed E-state index contributed by atoms with van der Waals surface area (Å²) >= 11 is 3.54. The second-order valence-electron chi connectivity index (χ2n) is 5.19. The summed E-state index contributed by atoms with van der Waals surface area (Å²) in [5.41, 5.74) is 5.11. The molecule has 2 aromatic carbocycles. The topological polar surface area (TPSA) is 23.5 Å². The molecule has 20 heavy (non-hydrogen) atoms. The van der Waals surface area contributed by atoms with Crippen molar-refractivity contribution in [3.05, 3.63) is 63.6 Å². The summed E-state index contributed by atoms with van der Waals surface area (Å²) in [7, 11) is 0. The van der Waals surface area contributed by atoms with E-state index in [-0.39, 0.29) is 6.61 Å². The molecular weight excluding hydrogens is 314 g/mol. The Balaban J connectivity index is 1.81. The third kappa shape index (κ3) is 2.74. The van der Waals surface area contributed by atoms with Crippen LogP contribution in [0, 0.1) is 0 Å². The highest BCUT2D eigenvalue weighted by atomic mass is 79.9. The molecular formula is C17H18BrNO. The van der Waals surface area contributed by atoms with Gasteiger partial charge in [-0.2, -0.15) is 0 Å². The van der Waals surface area contributed by atoms with Gasteiger partial charge in [-0.1, -0.05) is 46.3 Å². The lowest BCUT2D eigenvalue weighted by Crippen LogP contribution is -2.25. The third-order valence-corrected chi connectivity index (χ3v) is 4.73. The number of halogens is 1. The molecule has 0 spiro atoms. The third-order valence-electron chi connectivity index (χ3n) is 3.99. The van der Waals surface area contributed by atoms with Crippen molar-refractivity contribution in [2.24, 2.45) is 0 Å².